The molecule has 0 bridgehead atoms. The van der Waals surface area contributed by atoms with Crippen LogP contribution < -0.4 is 16.0 Å². The van der Waals surface area contributed by atoms with Crippen LogP contribution in [0.15, 0.2) is 17.5 Å². The molecule has 3 amide bonds. The van der Waals surface area contributed by atoms with Crippen LogP contribution in [-0.4, -0.2) is 23.5 Å². The van der Waals surface area contributed by atoms with Gasteiger partial charge in [-0.3, -0.25) is 10.1 Å². The van der Waals surface area contributed by atoms with Crippen LogP contribution in [0.4, 0.5) is 9.93 Å². The van der Waals surface area contributed by atoms with Crippen LogP contribution in [-0.2, 0) is 13.0 Å². The molecular weight excluding hydrogens is 308 g/mol. The minimum Gasteiger partial charge on any atom is -0.351 e. The molecule has 2 aromatic rings. The molecule has 3 N–H and O–H groups in total. The predicted octanol–water partition coefficient (Wildman–Crippen LogP) is 2.20. The maximum Gasteiger partial charge on any atom is 0.321 e. The molecule has 21 heavy (non-hydrogen) atoms. The summed E-state index contributed by atoms with van der Waals surface area (Å²) in [6.45, 7) is 1.15. The summed E-state index contributed by atoms with van der Waals surface area (Å²) in [4.78, 5) is 29.7. The number of hydrogen-bond donors (Lipinski definition) is 3. The van der Waals surface area contributed by atoms with Crippen LogP contribution in [0.3, 0.4) is 0 Å². The number of thiophene rings is 1. The SMILES string of the molecule is O=C(NCc1cccs1)Nc1nc2c(s1)C(=O)NCCC2. The lowest BCUT2D eigenvalue weighted by Crippen LogP contribution is -2.27. The molecule has 0 unspecified atom stereocenters. The highest BCUT2D eigenvalue weighted by Crippen LogP contribution is 2.25. The molecule has 0 saturated heterocycles. The number of nitrogens with one attached hydrogen (secondary N) is 3. The van der Waals surface area contributed by atoms with Gasteiger partial charge in [0.1, 0.15) is 4.88 Å². The number of aryl methyl sites for hydroxylation is 1. The first kappa shape index (κ1) is 14.0. The molecule has 8 heteroatoms. The highest BCUT2D eigenvalue weighted by Gasteiger charge is 2.21. The van der Waals surface area contributed by atoms with Crippen molar-refractivity contribution in [1.29, 1.82) is 0 Å². The minimum atomic E-state index is -0.312. The average molecular weight is 322 g/mol. The summed E-state index contributed by atoms with van der Waals surface area (Å²) in [5.41, 5.74) is 0.767. The molecule has 0 saturated carbocycles. The van der Waals surface area contributed by atoms with E-state index in [-0.39, 0.29) is 11.9 Å². The molecule has 1 aliphatic heterocycles. The van der Waals surface area contributed by atoms with E-state index in [0.717, 1.165) is 23.4 Å². The summed E-state index contributed by atoms with van der Waals surface area (Å²) in [7, 11) is 0. The molecular formula is C13H14N4O2S2. The molecule has 0 aliphatic carbocycles. The van der Waals surface area contributed by atoms with Crippen molar-refractivity contribution in [2.24, 2.45) is 0 Å². The van der Waals surface area contributed by atoms with Crippen molar-refractivity contribution >= 4 is 39.7 Å². The Labute approximate surface area is 129 Å². The number of anilines is 1. The lowest BCUT2D eigenvalue weighted by atomic mass is 10.2. The number of amides is 3. The highest BCUT2D eigenvalue weighted by molar-refractivity contribution is 7.17. The van der Waals surface area contributed by atoms with Gasteiger partial charge in [-0.2, -0.15) is 0 Å². The molecule has 3 heterocycles. The third kappa shape index (κ3) is 3.40. The Balaban J connectivity index is 1.61. The second kappa shape index (κ2) is 6.23. The fraction of sp³-hybridized carbons (Fsp3) is 0.308. The number of carbonyl (C=O) groups excluding carboxylic acids is 2. The van der Waals surface area contributed by atoms with E-state index < -0.39 is 0 Å². The van der Waals surface area contributed by atoms with Gasteiger partial charge in [-0.05, 0) is 24.3 Å². The topological polar surface area (TPSA) is 83.1 Å². The lowest BCUT2D eigenvalue weighted by molar-refractivity contribution is 0.0960. The molecule has 0 radical (unpaired) electrons. The molecule has 110 valence electrons. The van der Waals surface area contributed by atoms with Crippen molar-refractivity contribution in [3.63, 3.8) is 0 Å². The second-order valence-corrected chi connectivity index (χ2v) is 6.57. The van der Waals surface area contributed by atoms with Crippen LogP contribution in [0.5, 0.6) is 0 Å². The zero-order valence-electron chi connectivity index (χ0n) is 11.1. The van der Waals surface area contributed by atoms with Crippen molar-refractivity contribution < 1.29 is 9.59 Å². The van der Waals surface area contributed by atoms with Crippen molar-refractivity contribution in [3.8, 4) is 0 Å². The van der Waals surface area contributed by atoms with Gasteiger partial charge in [0.2, 0.25) is 0 Å². The number of aromatic nitrogens is 1. The third-order valence-electron chi connectivity index (χ3n) is 3.00. The van der Waals surface area contributed by atoms with Gasteiger partial charge in [0.05, 0.1) is 12.2 Å². The van der Waals surface area contributed by atoms with Crippen LogP contribution in [0, 0.1) is 0 Å². The van der Waals surface area contributed by atoms with Crippen LogP contribution >= 0.6 is 22.7 Å². The Morgan fingerprint density at radius 1 is 1.48 bits per heavy atom. The molecule has 2 aromatic heterocycles. The quantitative estimate of drug-likeness (QED) is 0.810. The van der Waals surface area contributed by atoms with E-state index in [2.05, 4.69) is 20.9 Å². The van der Waals surface area contributed by atoms with E-state index in [1.807, 2.05) is 17.5 Å². The molecule has 3 rings (SSSR count). The molecule has 1 aliphatic rings. The Kier molecular flexibility index (Phi) is 4.16. The van der Waals surface area contributed by atoms with Gasteiger partial charge >= 0.3 is 6.03 Å². The average Bonchev–Trinajstić information content (AvgIpc) is 3.08. The number of urea groups is 1. The second-order valence-electron chi connectivity index (χ2n) is 4.54. The zero-order chi connectivity index (χ0) is 14.7. The molecule has 0 fully saturated rings. The van der Waals surface area contributed by atoms with Crippen LogP contribution in [0.25, 0.3) is 0 Å². The van der Waals surface area contributed by atoms with Gasteiger partial charge in [-0.25, -0.2) is 9.78 Å². The largest absolute Gasteiger partial charge is 0.351 e. The fourth-order valence-corrected chi connectivity index (χ4v) is 3.58. The highest BCUT2D eigenvalue weighted by atomic mass is 32.1. The first-order valence-corrected chi connectivity index (χ1v) is 8.27. The van der Waals surface area contributed by atoms with E-state index >= 15 is 0 Å². The van der Waals surface area contributed by atoms with E-state index in [1.165, 1.54) is 11.3 Å². The summed E-state index contributed by atoms with van der Waals surface area (Å²) < 4.78 is 0. The maximum atomic E-state index is 11.8. The van der Waals surface area contributed by atoms with Crippen molar-refractivity contribution in [2.45, 2.75) is 19.4 Å². The Bertz CT molecular complexity index is 651. The number of nitrogens with zero attached hydrogens (tertiary/aromatic N) is 1. The monoisotopic (exact) mass is 322 g/mol. The standard InChI is InChI=1S/C13H14N4O2S2/c18-11-10-9(4-1-5-14-11)16-13(21-10)17-12(19)15-7-8-3-2-6-20-8/h2-3,6H,1,4-5,7H2,(H,14,18)(H2,15,16,17,19). The predicted molar refractivity (Wildman–Crippen MR) is 82.9 cm³/mol. The van der Waals surface area contributed by atoms with Gasteiger partial charge in [0.25, 0.3) is 5.91 Å². The fourth-order valence-electron chi connectivity index (χ4n) is 2.01. The van der Waals surface area contributed by atoms with Gasteiger partial charge in [-0.15, -0.1) is 11.3 Å². The van der Waals surface area contributed by atoms with Gasteiger partial charge in [-0.1, -0.05) is 17.4 Å². The minimum absolute atomic E-state index is 0.105. The van der Waals surface area contributed by atoms with E-state index in [4.69, 9.17) is 0 Å². The first-order valence-electron chi connectivity index (χ1n) is 6.57. The Morgan fingerprint density at radius 2 is 2.38 bits per heavy atom. The Hall–Kier alpha value is -1.93. The van der Waals surface area contributed by atoms with Crippen molar-refractivity contribution in [1.82, 2.24) is 15.6 Å². The van der Waals surface area contributed by atoms with E-state index in [1.54, 1.807) is 11.3 Å². The van der Waals surface area contributed by atoms with E-state index in [0.29, 0.717) is 23.1 Å². The molecule has 6 nitrogen and oxygen atoms in total. The number of carbonyl (C=O) groups is 2. The third-order valence-corrected chi connectivity index (χ3v) is 4.89. The summed E-state index contributed by atoms with van der Waals surface area (Å²) >= 11 is 2.80. The van der Waals surface area contributed by atoms with Crippen LogP contribution in [0.1, 0.15) is 26.7 Å². The van der Waals surface area contributed by atoms with Gasteiger partial charge in [0, 0.05) is 11.4 Å². The number of hydrogen-bond acceptors (Lipinski definition) is 5. The van der Waals surface area contributed by atoms with E-state index in [9.17, 15) is 9.59 Å². The lowest BCUT2D eigenvalue weighted by Gasteiger charge is -2.03. The Morgan fingerprint density at radius 3 is 3.19 bits per heavy atom. The molecule has 0 aromatic carbocycles. The van der Waals surface area contributed by atoms with Crippen molar-refractivity contribution in [3.05, 3.63) is 33.0 Å². The first-order chi connectivity index (χ1) is 10.2. The normalized spacial score (nSPS) is 14.0. The maximum absolute atomic E-state index is 11.8. The van der Waals surface area contributed by atoms with Gasteiger partial charge < -0.3 is 10.6 Å². The number of fused-ring (bicyclic) bond motifs is 1. The summed E-state index contributed by atoms with van der Waals surface area (Å²) in [5, 5.41) is 10.7. The van der Waals surface area contributed by atoms with Gasteiger partial charge in [0.15, 0.2) is 5.13 Å². The van der Waals surface area contributed by atoms with Crippen LogP contribution in [0.2, 0.25) is 0 Å². The number of thiazole rings is 1. The van der Waals surface area contributed by atoms with Crippen molar-refractivity contribution in [2.75, 3.05) is 11.9 Å². The molecule has 0 atom stereocenters. The molecule has 0 spiro atoms. The zero-order valence-corrected chi connectivity index (χ0v) is 12.8. The summed E-state index contributed by atoms with van der Waals surface area (Å²) in [6, 6.07) is 3.59. The smallest absolute Gasteiger partial charge is 0.321 e. The summed E-state index contributed by atoms with van der Waals surface area (Å²) in [6.07, 6.45) is 1.62. The number of rotatable bonds is 3. The summed E-state index contributed by atoms with van der Waals surface area (Å²) in [5.74, 6) is -0.105.